The van der Waals surface area contributed by atoms with Crippen molar-refractivity contribution in [3.63, 3.8) is 0 Å². The SMILES string of the molecule is CC(C)(C)OC(=O)Nc1cnc(-c2c(F)cccc2F)s1. The lowest BCUT2D eigenvalue weighted by atomic mass is 10.2. The van der Waals surface area contributed by atoms with Crippen LogP contribution in [0, 0.1) is 11.6 Å². The van der Waals surface area contributed by atoms with Crippen LogP contribution in [0.2, 0.25) is 0 Å². The molecule has 1 N–H and O–H groups in total. The van der Waals surface area contributed by atoms with E-state index in [0.717, 1.165) is 23.5 Å². The maximum Gasteiger partial charge on any atom is 0.412 e. The maximum absolute atomic E-state index is 13.6. The van der Waals surface area contributed by atoms with Gasteiger partial charge in [-0.3, -0.25) is 5.32 Å². The van der Waals surface area contributed by atoms with Crippen molar-refractivity contribution < 1.29 is 18.3 Å². The van der Waals surface area contributed by atoms with E-state index in [1.807, 2.05) is 0 Å². The first-order chi connectivity index (χ1) is 9.76. The van der Waals surface area contributed by atoms with Gasteiger partial charge in [-0.05, 0) is 32.9 Å². The van der Waals surface area contributed by atoms with Gasteiger partial charge in [0.05, 0.1) is 11.8 Å². The standard InChI is InChI=1S/C14H14F2N2O2S/c1-14(2,3)20-13(19)18-10-7-17-12(21-10)11-8(15)5-4-6-9(11)16/h4-7H,1-3H3,(H,18,19). The van der Waals surface area contributed by atoms with Crippen molar-refractivity contribution >= 4 is 22.4 Å². The first kappa shape index (κ1) is 15.4. The summed E-state index contributed by atoms with van der Waals surface area (Å²) in [5, 5.41) is 2.98. The predicted octanol–water partition coefficient (Wildman–Crippen LogP) is 4.44. The van der Waals surface area contributed by atoms with Crippen LogP contribution in [0.3, 0.4) is 0 Å². The van der Waals surface area contributed by atoms with E-state index in [1.54, 1.807) is 20.8 Å². The van der Waals surface area contributed by atoms with Crippen LogP contribution < -0.4 is 5.32 Å². The number of hydrogen-bond donors (Lipinski definition) is 1. The fraction of sp³-hybridized carbons (Fsp3) is 0.286. The average molecular weight is 312 g/mol. The number of nitrogens with one attached hydrogen (secondary N) is 1. The van der Waals surface area contributed by atoms with Gasteiger partial charge < -0.3 is 4.74 Å². The third-order valence-electron chi connectivity index (χ3n) is 2.31. The molecule has 0 fully saturated rings. The summed E-state index contributed by atoms with van der Waals surface area (Å²) in [5.74, 6) is -1.40. The minimum Gasteiger partial charge on any atom is -0.444 e. The van der Waals surface area contributed by atoms with E-state index in [9.17, 15) is 13.6 Å². The Morgan fingerprint density at radius 3 is 2.48 bits per heavy atom. The van der Waals surface area contributed by atoms with Gasteiger partial charge in [-0.25, -0.2) is 18.6 Å². The minimum absolute atomic E-state index is 0.150. The molecule has 2 rings (SSSR count). The first-order valence-electron chi connectivity index (χ1n) is 6.16. The summed E-state index contributed by atoms with van der Waals surface area (Å²) < 4.78 is 32.4. The van der Waals surface area contributed by atoms with E-state index in [0.29, 0.717) is 5.00 Å². The van der Waals surface area contributed by atoms with Crippen LogP contribution in [0.15, 0.2) is 24.4 Å². The Kier molecular flexibility index (Phi) is 4.22. The van der Waals surface area contributed by atoms with Gasteiger partial charge >= 0.3 is 6.09 Å². The lowest BCUT2D eigenvalue weighted by molar-refractivity contribution is 0.0636. The van der Waals surface area contributed by atoms with Crippen molar-refractivity contribution in [1.82, 2.24) is 4.98 Å². The summed E-state index contributed by atoms with van der Waals surface area (Å²) >= 11 is 0.966. The fourth-order valence-corrected chi connectivity index (χ4v) is 2.40. The molecule has 0 aliphatic carbocycles. The van der Waals surface area contributed by atoms with Crippen LogP contribution in [0.25, 0.3) is 10.6 Å². The van der Waals surface area contributed by atoms with E-state index in [4.69, 9.17) is 4.74 Å². The summed E-state index contributed by atoms with van der Waals surface area (Å²) in [4.78, 5) is 15.5. The molecule has 7 heteroatoms. The molecule has 0 aliphatic rings. The van der Waals surface area contributed by atoms with Gasteiger partial charge in [0.15, 0.2) is 0 Å². The first-order valence-corrected chi connectivity index (χ1v) is 6.98. The molecule has 1 aromatic carbocycles. The van der Waals surface area contributed by atoms with Gasteiger partial charge in [0, 0.05) is 0 Å². The Bertz CT molecular complexity index is 645. The molecular formula is C14H14F2N2O2S. The maximum atomic E-state index is 13.6. The molecular weight excluding hydrogens is 298 g/mol. The molecule has 1 aromatic heterocycles. The highest BCUT2D eigenvalue weighted by atomic mass is 32.1. The third-order valence-corrected chi connectivity index (χ3v) is 3.24. The lowest BCUT2D eigenvalue weighted by Gasteiger charge is -2.19. The predicted molar refractivity (Wildman–Crippen MR) is 77.3 cm³/mol. The number of rotatable bonds is 2. The van der Waals surface area contributed by atoms with Crippen LogP contribution in [0.1, 0.15) is 20.8 Å². The number of halogens is 2. The smallest absolute Gasteiger partial charge is 0.412 e. The number of aromatic nitrogens is 1. The molecule has 0 atom stereocenters. The van der Waals surface area contributed by atoms with Gasteiger partial charge in [0.25, 0.3) is 0 Å². The van der Waals surface area contributed by atoms with Gasteiger partial charge in [-0.1, -0.05) is 17.4 Å². The van der Waals surface area contributed by atoms with Crippen LogP contribution in [-0.2, 0) is 4.74 Å². The molecule has 0 saturated carbocycles. The molecule has 1 heterocycles. The molecule has 0 radical (unpaired) electrons. The van der Waals surface area contributed by atoms with Crippen LogP contribution in [-0.4, -0.2) is 16.7 Å². The fourth-order valence-electron chi connectivity index (χ4n) is 1.55. The number of carbonyl (C=O) groups is 1. The molecule has 0 aliphatic heterocycles. The Morgan fingerprint density at radius 2 is 1.90 bits per heavy atom. The summed E-state index contributed by atoms with van der Waals surface area (Å²) in [6.45, 7) is 5.21. The van der Waals surface area contributed by atoms with E-state index in [1.165, 1.54) is 12.3 Å². The molecule has 112 valence electrons. The lowest BCUT2D eigenvalue weighted by Crippen LogP contribution is -2.26. The summed E-state index contributed by atoms with van der Waals surface area (Å²) in [7, 11) is 0. The number of benzene rings is 1. The molecule has 4 nitrogen and oxygen atoms in total. The quantitative estimate of drug-likeness (QED) is 0.892. The number of ether oxygens (including phenoxy) is 1. The zero-order valence-electron chi connectivity index (χ0n) is 11.7. The summed E-state index contributed by atoms with van der Waals surface area (Å²) in [5.41, 5.74) is -0.838. The molecule has 0 saturated heterocycles. The van der Waals surface area contributed by atoms with Gasteiger partial charge in [0.1, 0.15) is 27.2 Å². The highest BCUT2D eigenvalue weighted by Gasteiger charge is 2.19. The van der Waals surface area contributed by atoms with E-state index in [-0.39, 0.29) is 10.6 Å². The monoisotopic (exact) mass is 312 g/mol. The zero-order valence-corrected chi connectivity index (χ0v) is 12.6. The second-order valence-corrected chi connectivity index (χ2v) is 6.28. The molecule has 0 bridgehead atoms. The molecule has 0 unspecified atom stereocenters. The Balaban J connectivity index is 2.17. The van der Waals surface area contributed by atoms with Crippen molar-refractivity contribution in [1.29, 1.82) is 0 Å². The van der Waals surface area contributed by atoms with E-state index < -0.39 is 23.3 Å². The Morgan fingerprint density at radius 1 is 1.29 bits per heavy atom. The van der Waals surface area contributed by atoms with Crippen molar-refractivity contribution in [2.45, 2.75) is 26.4 Å². The number of nitrogens with zero attached hydrogens (tertiary/aromatic N) is 1. The highest BCUT2D eigenvalue weighted by molar-refractivity contribution is 7.19. The van der Waals surface area contributed by atoms with Crippen molar-refractivity contribution in [2.24, 2.45) is 0 Å². The molecule has 2 aromatic rings. The van der Waals surface area contributed by atoms with Gasteiger partial charge in [0.2, 0.25) is 0 Å². The van der Waals surface area contributed by atoms with Crippen LogP contribution in [0.4, 0.5) is 18.6 Å². The van der Waals surface area contributed by atoms with Gasteiger partial charge in [-0.2, -0.15) is 0 Å². The summed E-state index contributed by atoms with van der Waals surface area (Å²) in [6, 6.07) is 3.59. The largest absolute Gasteiger partial charge is 0.444 e. The topological polar surface area (TPSA) is 51.2 Å². The van der Waals surface area contributed by atoms with Gasteiger partial charge in [-0.15, -0.1) is 0 Å². The molecule has 21 heavy (non-hydrogen) atoms. The number of amides is 1. The molecule has 1 amide bonds. The van der Waals surface area contributed by atoms with E-state index >= 15 is 0 Å². The minimum atomic E-state index is -0.701. The Labute approximate surface area is 124 Å². The number of anilines is 1. The van der Waals surface area contributed by atoms with Crippen molar-refractivity contribution in [2.75, 3.05) is 5.32 Å². The van der Waals surface area contributed by atoms with Crippen LogP contribution in [0.5, 0.6) is 0 Å². The number of carbonyl (C=O) groups excluding carboxylic acids is 1. The van der Waals surface area contributed by atoms with Crippen molar-refractivity contribution in [3.8, 4) is 10.6 Å². The number of hydrogen-bond acceptors (Lipinski definition) is 4. The second kappa shape index (κ2) is 5.77. The summed E-state index contributed by atoms with van der Waals surface area (Å²) in [6.07, 6.45) is 0.683. The normalized spacial score (nSPS) is 11.3. The van der Waals surface area contributed by atoms with Crippen LogP contribution >= 0.6 is 11.3 Å². The second-order valence-electron chi connectivity index (χ2n) is 5.25. The molecule has 0 spiro atoms. The average Bonchev–Trinajstić information content (AvgIpc) is 2.74. The number of thiazole rings is 1. The Hall–Kier alpha value is -2.02. The van der Waals surface area contributed by atoms with E-state index in [2.05, 4.69) is 10.3 Å². The zero-order chi connectivity index (χ0) is 15.6. The van der Waals surface area contributed by atoms with Crippen molar-refractivity contribution in [3.05, 3.63) is 36.0 Å². The third kappa shape index (κ3) is 3.98. The highest BCUT2D eigenvalue weighted by Crippen LogP contribution is 2.32.